The van der Waals surface area contributed by atoms with E-state index in [9.17, 15) is 0 Å². The van der Waals surface area contributed by atoms with E-state index in [0.29, 0.717) is 22.3 Å². The van der Waals surface area contributed by atoms with Crippen LogP contribution in [0, 0.1) is 0 Å². The number of halogens is 2. The third-order valence-corrected chi connectivity index (χ3v) is 3.20. The van der Waals surface area contributed by atoms with E-state index >= 15 is 0 Å². The van der Waals surface area contributed by atoms with Gasteiger partial charge in [-0.2, -0.15) is 5.10 Å². The van der Waals surface area contributed by atoms with E-state index in [0.717, 1.165) is 11.4 Å². The zero-order valence-electron chi connectivity index (χ0n) is 9.24. The summed E-state index contributed by atoms with van der Waals surface area (Å²) in [5, 5.41) is 8.21. The van der Waals surface area contributed by atoms with E-state index < -0.39 is 0 Å². The molecule has 1 heterocycles. The summed E-state index contributed by atoms with van der Waals surface area (Å²) in [5.41, 5.74) is 8.23. The van der Waals surface area contributed by atoms with Gasteiger partial charge in [-0.25, -0.2) is 0 Å². The van der Waals surface area contributed by atoms with Crippen LogP contribution >= 0.6 is 23.2 Å². The highest BCUT2D eigenvalue weighted by molar-refractivity contribution is 6.42. The van der Waals surface area contributed by atoms with Gasteiger partial charge in [0.25, 0.3) is 0 Å². The lowest BCUT2D eigenvalue weighted by atomic mass is 10.2. The fourth-order valence-electron chi connectivity index (χ4n) is 1.48. The Morgan fingerprint density at radius 1 is 1.35 bits per heavy atom. The largest absolute Gasteiger partial charge is 0.397 e. The zero-order valence-corrected chi connectivity index (χ0v) is 10.8. The molecule has 0 saturated carbocycles. The van der Waals surface area contributed by atoms with Crippen LogP contribution in [0.5, 0.6) is 0 Å². The molecule has 90 valence electrons. The van der Waals surface area contributed by atoms with Crippen LogP contribution in [0.25, 0.3) is 0 Å². The number of benzene rings is 1. The molecule has 0 aliphatic heterocycles. The van der Waals surface area contributed by atoms with Crippen molar-refractivity contribution in [2.45, 2.75) is 6.54 Å². The first-order chi connectivity index (χ1) is 8.08. The van der Waals surface area contributed by atoms with Gasteiger partial charge in [0.05, 0.1) is 33.7 Å². The van der Waals surface area contributed by atoms with Crippen LogP contribution in [-0.4, -0.2) is 9.78 Å². The van der Waals surface area contributed by atoms with Crippen LogP contribution in [0.15, 0.2) is 24.4 Å². The average molecular weight is 271 g/mol. The molecule has 0 spiro atoms. The molecule has 1 aromatic heterocycles. The maximum absolute atomic E-state index is 5.93. The van der Waals surface area contributed by atoms with Crippen molar-refractivity contribution in [3.05, 3.63) is 40.1 Å². The van der Waals surface area contributed by atoms with Crippen LogP contribution in [0.3, 0.4) is 0 Å². The summed E-state index contributed by atoms with van der Waals surface area (Å²) in [5.74, 6) is 0. The molecular formula is C11H12Cl2N4. The molecule has 0 radical (unpaired) electrons. The Hall–Kier alpha value is -1.39. The van der Waals surface area contributed by atoms with E-state index in [2.05, 4.69) is 10.4 Å². The number of hydrogen-bond acceptors (Lipinski definition) is 3. The second kappa shape index (κ2) is 4.85. The summed E-state index contributed by atoms with van der Waals surface area (Å²) in [4.78, 5) is 0. The summed E-state index contributed by atoms with van der Waals surface area (Å²) in [6.45, 7) is 0.624. The van der Waals surface area contributed by atoms with Gasteiger partial charge in [-0.3, -0.25) is 4.68 Å². The second-order valence-corrected chi connectivity index (χ2v) is 4.47. The summed E-state index contributed by atoms with van der Waals surface area (Å²) in [6.07, 6.45) is 1.75. The molecule has 2 rings (SSSR count). The number of nitrogens with zero attached hydrogens (tertiary/aromatic N) is 2. The third-order valence-electron chi connectivity index (χ3n) is 2.47. The fraction of sp³-hybridized carbons (Fsp3) is 0.182. The van der Waals surface area contributed by atoms with Gasteiger partial charge in [0.15, 0.2) is 0 Å². The molecule has 3 N–H and O–H groups in total. The third kappa shape index (κ3) is 2.65. The van der Waals surface area contributed by atoms with Gasteiger partial charge in [0.1, 0.15) is 0 Å². The van der Waals surface area contributed by atoms with Crippen LogP contribution in [-0.2, 0) is 13.6 Å². The van der Waals surface area contributed by atoms with Crippen molar-refractivity contribution in [1.29, 1.82) is 0 Å². The van der Waals surface area contributed by atoms with Crippen molar-refractivity contribution >= 4 is 34.6 Å². The molecule has 0 bridgehead atoms. The lowest BCUT2D eigenvalue weighted by Gasteiger charge is -2.10. The minimum atomic E-state index is 0.454. The first-order valence-corrected chi connectivity index (χ1v) is 5.79. The highest BCUT2D eigenvalue weighted by Gasteiger charge is 2.05. The van der Waals surface area contributed by atoms with E-state index in [1.54, 1.807) is 23.0 Å². The molecule has 17 heavy (non-hydrogen) atoms. The molecule has 6 heteroatoms. The predicted molar refractivity (Wildman–Crippen MR) is 71.4 cm³/mol. The van der Waals surface area contributed by atoms with E-state index in [1.165, 1.54) is 0 Å². The molecule has 0 saturated heterocycles. The van der Waals surface area contributed by atoms with Crippen molar-refractivity contribution in [3.63, 3.8) is 0 Å². The van der Waals surface area contributed by atoms with Gasteiger partial charge < -0.3 is 11.1 Å². The van der Waals surface area contributed by atoms with Crippen LogP contribution < -0.4 is 11.1 Å². The number of aryl methyl sites for hydroxylation is 1. The summed E-state index contributed by atoms with van der Waals surface area (Å²) < 4.78 is 1.79. The smallest absolute Gasteiger partial charge is 0.0614 e. The Labute approximate surface area is 109 Å². The monoisotopic (exact) mass is 270 g/mol. The molecule has 0 amide bonds. The number of hydrogen-bond donors (Lipinski definition) is 2. The van der Waals surface area contributed by atoms with E-state index in [-0.39, 0.29) is 0 Å². The first-order valence-electron chi connectivity index (χ1n) is 5.03. The maximum Gasteiger partial charge on any atom is 0.0614 e. The number of rotatable bonds is 3. The van der Waals surface area contributed by atoms with Crippen molar-refractivity contribution < 1.29 is 0 Å². The van der Waals surface area contributed by atoms with Crippen molar-refractivity contribution in [2.75, 3.05) is 11.1 Å². The van der Waals surface area contributed by atoms with Gasteiger partial charge in [-0.05, 0) is 18.2 Å². The van der Waals surface area contributed by atoms with Crippen LogP contribution in [0.4, 0.5) is 11.4 Å². The Balaban J connectivity index is 2.14. The van der Waals surface area contributed by atoms with Gasteiger partial charge in [0, 0.05) is 13.2 Å². The number of aromatic nitrogens is 2. The highest BCUT2D eigenvalue weighted by atomic mass is 35.5. The number of anilines is 2. The summed E-state index contributed by atoms with van der Waals surface area (Å²) in [6, 6.07) is 5.28. The first kappa shape index (κ1) is 12.1. The normalized spacial score (nSPS) is 10.5. The molecule has 0 aliphatic carbocycles. The standard InChI is InChI=1S/C11H12Cl2N4/c1-17-7(2-3-16-17)6-15-11-5-9(13)8(12)4-10(11)14/h2-5,15H,6,14H2,1H3. The van der Waals surface area contributed by atoms with Gasteiger partial charge >= 0.3 is 0 Å². The second-order valence-electron chi connectivity index (χ2n) is 3.65. The van der Waals surface area contributed by atoms with Gasteiger partial charge in [0.2, 0.25) is 0 Å². The molecule has 2 aromatic rings. The SMILES string of the molecule is Cn1nccc1CNc1cc(Cl)c(Cl)cc1N. The van der Waals surface area contributed by atoms with E-state index in [4.69, 9.17) is 28.9 Å². The quantitative estimate of drug-likeness (QED) is 0.844. The number of nitrogen functional groups attached to an aromatic ring is 1. The molecule has 1 aromatic carbocycles. The average Bonchev–Trinajstić information content (AvgIpc) is 2.68. The van der Waals surface area contributed by atoms with Crippen molar-refractivity contribution in [3.8, 4) is 0 Å². The van der Waals surface area contributed by atoms with E-state index in [1.807, 2.05) is 13.1 Å². The molecule has 0 unspecified atom stereocenters. The van der Waals surface area contributed by atoms with Gasteiger partial charge in [-0.15, -0.1) is 0 Å². The van der Waals surface area contributed by atoms with Crippen molar-refractivity contribution in [1.82, 2.24) is 9.78 Å². The summed E-state index contributed by atoms with van der Waals surface area (Å²) in [7, 11) is 1.88. The fourth-order valence-corrected chi connectivity index (χ4v) is 1.81. The summed E-state index contributed by atoms with van der Waals surface area (Å²) >= 11 is 11.8. The zero-order chi connectivity index (χ0) is 12.4. The van der Waals surface area contributed by atoms with Crippen LogP contribution in [0.1, 0.15) is 5.69 Å². The molecule has 4 nitrogen and oxygen atoms in total. The Bertz CT molecular complexity index is 536. The molecule has 0 fully saturated rings. The predicted octanol–water partition coefficient (Wildman–Crippen LogP) is 2.92. The lowest BCUT2D eigenvalue weighted by Crippen LogP contribution is -2.07. The Morgan fingerprint density at radius 2 is 2.06 bits per heavy atom. The maximum atomic E-state index is 5.93. The minimum Gasteiger partial charge on any atom is -0.397 e. The molecule has 0 atom stereocenters. The van der Waals surface area contributed by atoms with Crippen LogP contribution in [0.2, 0.25) is 10.0 Å². The van der Waals surface area contributed by atoms with Gasteiger partial charge in [-0.1, -0.05) is 23.2 Å². The number of nitrogens with two attached hydrogens (primary N) is 1. The van der Waals surface area contributed by atoms with Crippen molar-refractivity contribution in [2.24, 2.45) is 7.05 Å². The topological polar surface area (TPSA) is 55.9 Å². The molecule has 0 aliphatic rings. The Morgan fingerprint density at radius 3 is 2.71 bits per heavy atom. The highest BCUT2D eigenvalue weighted by Crippen LogP contribution is 2.30. The Kier molecular flexibility index (Phi) is 3.45. The lowest BCUT2D eigenvalue weighted by molar-refractivity contribution is 0.720. The molecular weight excluding hydrogens is 259 g/mol. The number of nitrogens with one attached hydrogen (secondary N) is 1. The minimum absolute atomic E-state index is 0.454.